The van der Waals surface area contributed by atoms with Crippen LogP contribution in [0.5, 0.6) is 0 Å². The van der Waals surface area contributed by atoms with E-state index in [-0.39, 0.29) is 6.04 Å². The highest BCUT2D eigenvalue weighted by Gasteiger charge is 2.19. The first-order chi connectivity index (χ1) is 7.76. The molecule has 1 saturated carbocycles. The summed E-state index contributed by atoms with van der Waals surface area (Å²) in [6.45, 7) is 1.77. The minimum Gasteiger partial charge on any atom is -0.302 e. The standard InChI is InChI=1S/C11H21NO3S/c1-2-16(14)15-12-11(9-13)8-10-6-4-3-5-7-10/h9-12H,2-8H2,1H3. The molecule has 1 aliphatic carbocycles. The Balaban J connectivity index is 2.24. The quantitative estimate of drug-likeness (QED) is 0.550. The molecule has 0 saturated heterocycles. The maximum atomic E-state index is 11.0. The van der Waals surface area contributed by atoms with Crippen molar-refractivity contribution in [2.45, 2.75) is 51.5 Å². The van der Waals surface area contributed by atoms with Gasteiger partial charge < -0.3 is 4.79 Å². The van der Waals surface area contributed by atoms with Gasteiger partial charge in [-0.3, -0.25) is 0 Å². The first-order valence-electron chi connectivity index (χ1n) is 6.02. The maximum absolute atomic E-state index is 11.0. The molecule has 0 aliphatic heterocycles. The van der Waals surface area contributed by atoms with Crippen molar-refractivity contribution in [3.05, 3.63) is 0 Å². The van der Waals surface area contributed by atoms with Crippen molar-refractivity contribution in [2.75, 3.05) is 5.75 Å². The fraction of sp³-hybridized carbons (Fsp3) is 0.909. The number of carbonyl (C=O) groups is 1. The third kappa shape index (κ3) is 5.18. The van der Waals surface area contributed by atoms with Crippen molar-refractivity contribution in [3.63, 3.8) is 0 Å². The van der Waals surface area contributed by atoms with E-state index < -0.39 is 11.1 Å². The van der Waals surface area contributed by atoms with E-state index in [1.54, 1.807) is 6.92 Å². The summed E-state index contributed by atoms with van der Waals surface area (Å²) < 4.78 is 15.9. The van der Waals surface area contributed by atoms with E-state index in [0.29, 0.717) is 11.7 Å². The van der Waals surface area contributed by atoms with E-state index in [9.17, 15) is 9.00 Å². The van der Waals surface area contributed by atoms with Crippen molar-refractivity contribution in [2.24, 2.45) is 5.92 Å². The topological polar surface area (TPSA) is 55.4 Å². The Hall–Kier alpha value is -0.260. The van der Waals surface area contributed by atoms with Crippen LogP contribution in [-0.4, -0.2) is 22.3 Å². The number of aldehydes is 1. The predicted molar refractivity (Wildman–Crippen MR) is 63.9 cm³/mol. The van der Waals surface area contributed by atoms with Gasteiger partial charge in [0.05, 0.1) is 6.04 Å². The molecule has 0 amide bonds. The molecule has 0 radical (unpaired) electrons. The predicted octanol–water partition coefficient (Wildman–Crippen LogP) is 1.73. The Morgan fingerprint density at radius 1 is 1.44 bits per heavy atom. The van der Waals surface area contributed by atoms with Gasteiger partial charge in [0.15, 0.2) is 11.1 Å². The number of hydrogen-bond acceptors (Lipinski definition) is 4. The van der Waals surface area contributed by atoms with Gasteiger partial charge >= 0.3 is 0 Å². The Kier molecular flexibility index (Phi) is 6.84. The van der Waals surface area contributed by atoms with Crippen LogP contribution in [0.15, 0.2) is 0 Å². The molecule has 16 heavy (non-hydrogen) atoms. The molecule has 2 unspecified atom stereocenters. The van der Waals surface area contributed by atoms with Crippen LogP contribution in [0.3, 0.4) is 0 Å². The molecule has 94 valence electrons. The van der Waals surface area contributed by atoms with Gasteiger partial charge in [0.1, 0.15) is 6.29 Å². The lowest BCUT2D eigenvalue weighted by molar-refractivity contribution is -0.111. The van der Waals surface area contributed by atoms with Gasteiger partial charge in [-0.2, -0.15) is 5.48 Å². The van der Waals surface area contributed by atoms with Crippen molar-refractivity contribution in [3.8, 4) is 0 Å². The molecule has 1 aliphatic rings. The van der Waals surface area contributed by atoms with Crippen molar-refractivity contribution < 1.29 is 13.3 Å². The van der Waals surface area contributed by atoms with Crippen molar-refractivity contribution in [1.29, 1.82) is 0 Å². The normalized spacial score (nSPS) is 21.6. The van der Waals surface area contributed by atoms with E-state index in [0.717, 1.165) is 12.7 Å². The highest BCUT2D eigenvalue weighted by Crippen LogP contribution is 2.26. The molecule has 0 aromatic heterocycles. The molecule has 0 bridgehead atoms. The Bertz CT molecular complexity index is 229. The highest BCUT2D eigenvalue weighted by atomic mass is 32.2. The van der Waals surface area contributed by atoms with Crippen LogP contribution in [0.1, 0.15) is 45.4 Å². The van der Waals surface area contributed by atoms with E-state index in [1.807, 2.05) is 0 Å². The minimum atomic E-state index is -1.33. The lowest BCUT2D eigenvalue weighted by Crippen LogP contribution is -2.34. The molecule has 2 atom stereocenters. The van der Waals surface area contributed by atoms with Crippen LogP contribution >= 0.6 is 0 Å². The summed E-state index contributed by atoms with van der Waals surface area (Å²) in [5.41, 5.74) is 2.60. The van der Waals surface area contributed by atoms with Gasteiger partial charge in [-0.05, 0) is 12.3 Å². The summed E-state index contributed by atoms with van der Waals surface area (Å²) in [4.78, 5) is 10.8. The average molecular weight is 247 g/mol. The van der Waals surface area contributed by atoms with Crippen LogP contribution in [0.25, 0.3) is 0 Å². The van der Waals surface area contributed by atoms with Gasteiger partial charge in [0.25, 0.3) is 0 Å². The second kappa shape index (κ2) is 7.92. The third-order valence-corrected chi connectivity index (χ3v) is 3.76. The maximum Gasteiger partial charge on any atom is 0.172 e. The molecule has 1 fully saturated rings. The van der Waals surface area contributed by atoms with Gasteiger partial charge in [-0.25, -0.2) is 8.49 Å². The molecule has 5 heteroatoms. The number of carbonyl (C=O) groups excluding carboxylic acids is 1. The molecule has 4 nitrogen and oxygen atoms in total. The van der Waals surface area contributed by atoms with Crippen LogP contribution in [-0.2, 0) is 20.2 Å². The molecule has 1 rings (SSSR count). The SMILES string of the molecule is CCS(=O)ONC(C=O)CC1CCCCC1. The lowest BCUT2D eigenvalue weighted by Gasteiger charge is -2.23. The number of hydrogen-bond donors (Lipinski definition) is 1. The highest BCUT2D eigenvalue weighted by molar-refractivity contribution is 7.80. The zero-order valence-electron chi connectivity index (χ0n) is 9.81. The molecule has 0 aromatic rings. The zero-order chi connectivity index (χ0) is 11.8. The number of rotatable bonds is 7. The summed E-state index contributed by atoms with van der Waals surface area (Å²) in [6.07, 6.45) is 7.87. The van der Waals surface area contributed by atoms with Gasteiger partial charge in [-0.1, -0.05) is 39.0 Å². The minimum absolute atomic E-state index is 0.321. The van der Waals surface area contributed by atoms with E-state index in [4.69, 9.17) is 4.28 Å². The smallest absolute Gasteiger partial charge is 0.172 e. The lowest BCUT2D eigenvalue weighted by atomic mass is 9.85. The van der Waals surface area contributed by atoms with Crippen LogP contribution in [0.4, 0.5) is 0 Å². The first kappa shape index (κ1) is 13.8. The van der Waals surface area contributed by atoms with Crippen molar-refractivity contribution >= 4 is 17.4 Å². The van der Waals surface area contributed by atoms with Crippen LogP contribution in [0, 0.1) is 5.92 Å². The van der Waals surface area contributed by atoms with E-state index in [2.05, 4.69) is 5.48 Å². The number of hydroxylamine groups is 1. The van der Waals surface area contributed by atoms with Gasteiger partial charge in [0.2, 0.25) is 0 Å². The molecule has 0 aromatic carbocycles. The van der Waals surface area contributed by atoms with Gasteiger partial charge in [0, 0.05) is 5.75 Å². The Morgan fingerprint density at radius 2 is 2.12 bits per heavy atom. The number of nitrogens with one attached hydrogen (secondary N) is 1. The second-order valence-corrected chi connectivity index (χ2v) is 5.63. The molecular formula is C11H21NO3S. The monoisotopic (exact) mass is 247 g/mol. The van der Waals surface area contributed by atoms with E-state index >= 15 is 0 Å². The zero-order valence-corrected chi connectivity index (χ0v) is 10.6. The van der Waals surface area contributed by atoms with Gasteiger partial charge in [-0.15, -0.1) is 0 Å². The molecule has 0 spiro atoms. The summed E-state index contributed by atoms with van der Waals surface area (Å²) >= 11 is -1.33. The van der Waals surface area contributed by atoms with E-state index in [1.165, 1.54) is 32.1 Å². The fourth-order valence-corrected chi connectivity index (χ4v) is 2.44. The molecular weight excluding hydrogens is 226 g/mol. The Labute approximate surface area is 99.7 Å². The first-order valence-corrected chi connectivity index (χ1v) is 7.27. The summed E-state index contributed by atoms with van der Waals surface area (Å²) in [7, 11) is 0. The summed E-state index contributed by atoms with van der Waals surface area (Å²) in [6, 6.07) is -0.321. The van der Waals surface area contributed by atoms with Crippen molar-refractivity contribution in [1.82, 2.24) is 5.48 Å². The van der Waals surface area contributed by atoms with Crippen LogP contribution in [0.2, 0.25) is 0 Å². The third-order valence-electron chi connectivity index (χ3n) is 3.00. The average Bonchev–Trinajstić information content (AvgIpc) is 2.35. The molecule has 0 heterocycles. The van der Waals surface area contributed by atoms with Crippen LogP contribution < -0.4 is 5.48 Å². The Morgan fingerprint density at radius 3 is 2.69 bits per heavy atom. The largest absolute Gasteiger partial charge is 0.302 e. The second-order valence-electron chi connectivity index (χ2n) is 4.28. The fourth-order valence-electron chi connectivity index (χ4n) is 2.09. The summed E-state index contributed by atoms with van der Waals surface area (Å²) in [5.74, 6) is 1.04. The summed E-state index contributed by atoms with van der Waals surface area (Å²) in [5, 5.41) is 0. The molecule has 1 N–H and O–H groups in total.